The zero-order valence-corrected chi connectivity index (χ0v) is 12.5. The fourth-order valence-electron chi connectivity index (χ4n) is 1.96. The number of piperidine rings is 1. The third-order valence-electron chi connectivity index (χ3n) is 2.98. The minimum atomic E-state index is -3.98. The molecule has 1 saturated heterocycles. The van der Waals surface area contributed by atoms with Gasteiger partial charge in [-0.1, -0.05) is 30.4 Å². The lowest BCUT2D eigenvalue weighted by Gasteiger charge is -2.22. The number of hydrogen-bond donors (Lipinski definition) is 3. The Morgan fingerprint density at radius 3 is 2.62 bits per heavy atom. The SMILES string of the molecule is NC(=S)c1ccccc1S(=O)(=O)NC1CCC(=O)NC1=O. The summed E-state index contributed by atoms with van der Waals surface area (Å²) in [5.74, 6) is -1.08. The summed E-state index contributed by atoms with van der Waals surface area (Å²) in [6.45, 7) is 0. The van der Waals surface area contributed by atoms with Gasteiger partial charge in [0.25, 0.3) is 0 Å². The van der Waals surface area contributed by atoms with Crippen LogP contribution in [0.3, 0.4) is 0 Å². The number of benzene rings is 1. The highest BCUT2D eigenvalue weighted by atomic mass is 32.2. The van der Waals surface area contributed by atoms with E-state index in [9.17, 15) is 18.0 Å². The molecule has 21 heavy (non-hydrogen) atoms. The zero-order valence-electron chi connectivity index (χ0n) is 10.8. The maximum Gasteiger partial charge on any atom is 0.244 e. The molecule has 4 N–H and O–H groups in total. The molecule has 0 aromatic heterocycles. The molecule has 1 atom stereocenters. The van der Waals surface area contributed by atoms with Crippen molar-refractivity contribution in [3.63, 3.8) is 0 Å². The van der Waals surface area contributed by atoms with Gasteiger partial charge in [0.05, 0.1) is 4.90 Å². The van der Waals surface area contributed by atoms with Crippen molar-refractivity contribution in [2.45, 2.75) is 23.8 Å². The first-order valence-electron chi connectivity index (χ1n) is 6.06. The number of imide groups is 1. The van der Waals surface area contributed by atoms with E-state index in [4.69, 9.17) is 18.0 Å². The quantitative estimate of drug-likeness (QED) is 0.502. The van der Waals surface area contributed by atoms with Crippen LogP contribution in [0.25, 0.3) is 0 Å². The monoisotopic (exact) mass is 327 g/mol. The highest BCUT2D eigenvalue weighted by Gasteiger charge is 2.31. The van der Waals surface area contributed by atoms with Crippen LogP contribution in [-0.2, 0) is 19.6 Å². The highest BCUT2D eigenvalue weighted by molar-refractivity contribution is 7.89. The Bertz CT molecular complexity index is 715. The first-order valence-corrected chi connectivity index (χ1v) is 7.95. The summed E-state index contributed by atoms with van der Waals surface area (Å²) in [6.07, 6.45) is 0.189. The molecule has 1 aromatic carbocycles. The molecule has 1 aliphatic heterocycles. The molecule has 0 spiro atoms. The number of rotatable bonds is 4. The Balaban J connectivity index is 2.29. The van der Waals surface area contributed by atoms with Crippen molar-refractivity contribution in [3.8, 4) is 0 Å². The fourth-order valence-corrected chi connectivity index (χ4v) is 3.66. The second-order valence-corrected chi connectivity index (χ2v) is 6.61. The molecule has 1 aromatic rings. The van der Waals surface area contributed by atoms with Crippen molar-refractivity contribution >= 4 is 39.0 Å². The third-order valence-corrected chi connectivity index (χ3v) is 4.73. The zero-order chi connectivity index (χ0) is 15.6. The van der Waals surface area contributed by atoms with Crippen molar-refractivity contribution in [2.24, 2.45) is 5.73 Å². The Morgan fingerprint density at radius 2 is 2.00 bits per heavy atom. The Kier molecular flexibility index (Phi) is 4.35. The van der Waals surface area contributed by atoms with Crippen molar-refractivity contribution in [3.05, 3.63) is 29.8 Å². The van der Waals surface area contributed by atoms with Gasteiger partial charge in [0.1, 0.15) is 11.0 Å². The Morgan fingerprint density at radius 1 is 1.33 bits per heavy atom. The fraction of sp³-hybridized carbons (Fsp3) is 0.250. The van der Waals surface area contributed by atoms with Gasteiger partial charge < -0.3 is 5.73 Å². The van der Waals surface area contributed by atoms with Gasteiger partial charge in [0.15, 0.2) is 0 Å². The molecule has 1 heterocycles. The standard InChI is InChI=1S/C12H13N3O4S2/c13-11(20)7-3-1-2-4-9(7)21(18,19)15-8-5-6-10(16)14-12(8)17/h1-4,8,15H,5-6H2,(H2,13,20)(H,14,16,17). The summed E-state index contributed by atoms with van der Waals surface area (Å²) in [7, 11) is -3.98. The topological polar surface area (TPSA) is 118 Å². The summed E-state index contributed by atoms with van der Waals surface area (Å²) < 4.78 is 27.0. The minimum absolute atomic E-state index is 0.0563. The molecule has 7 nitrogen and oxygen atoms in total. The molecule has 2 amide bonds. The van der Waals surface area contributed by atoms with E-state index in [2.05, 4.69) is 10.0 Å². The number of nitrogens with one attached hydrogen (secondary N) is 2. The number of carbonyl (C=O) groups is 2. The van der Waals surface area contributed by atoms with E-state index in [1.54, 1.807) is 6.07 Å². The second-order valence-electron chi connectivity index (χ2n) is 4.49. The second kappa shape index (κ2) is 5.88. The van der Waals surface area contributed by atoms with E-state index < -0.39 is 27.9 Å². The van der Waals surface area contributed by atoms with Gasteiger partial charge in [0, 0.05) is 12.0 Å². The number of carbonyl (C=O) groups excluding carboxylic acids is 2. The molecule has 112 valence electrons. The van der Waals surface area contributed by atoms with Gasteiger partial charge in [-0.15, -0.1) is 0 Å². The summed E-state index contributed by atoms with van der Waals surface area (Å²) in [6, 6.07) is 4.98. The molecule has 9 heteroatoms. The van der Waals surface area contributed by atoms with Crippen LogP contribution in [0, 0.1) is 0 Å². The molecule has 2 rings (SSSR count). The van der Waals surface area contributed by atoms with E-state index in [0.29, 0.717) is 0 Å². The minimum Gasteiger partial charge on any atom is -0.389 e. The van der Waals surface area contributed by atoms with Crippen LogP contribution < -0.4 is 15.8 Å². The molecule has 1 aliphatic rings. The first-order chi connectivity index (χ1) is 9.81. The van der Waals surface area contributed by atoms with Crippen LogP contribution in [0.2, 0.25) is 0 Å². The van der Waals surface area contributed by atoms with E-state index in [-0.39, 0.29) is 28.3 Å². The number of nitrogens with two attached hydrogens (primary N) is 1. The van der Waals surface area contributed by atoms with Crippen molar-refractivity contribution < 1.29 is 18.0 Å². The summed E-state index contributed by atoms with van der Waals surface area (Å²) >= 11 is 4.82. The molecular weight excluding hydrogens is 314 g/mol. The van der Waals surface area contributed by atoms with E-state index in [1.165, 1.54) is 18.2 Å². The van der Waals surface area contributed by atoms with Crippen LogP contribution in [-0.4, -0.2) is 31.3 Å². The lowest BCUT2D eigenvalue weighted by molar-refractivity contribution is -0.134. The van der Waals surface area contributed by atoms with E-state index in [0.717, 1.165) is 0 Å². The number of amides is 2. The molecule has 0 saturated carbocycles. The molecule has 1 unspecified atom stereocenters. The third kappa shape index (κ3) is 3.43. The predicted molar refractivity (Wildman–Crippen MR) is 78.8 cm³/mol. The average Bonchev–Trinajstić information content (AvgIpc) is 2.42. The van der Waals surface area contributed by atoms with Gasteiger partial charge in [-0.2, -0.15) is 4.72 Å². The van der Waals surface area contributed by atoms with Crippen molar-refractivity contribution in [1.29, 1.82) is 0 Å². The lowest BCUT2D eigenvalue weighted by Crippen LogP contribution is -2.52. The van der Waals surface area contributed by atoms with E-state index >= 15 is 0 Å². The normalized spacial score (nSPS) is 19.1. The van der Waals surface area contributed by atoms with Gasteiger partial charge in [0.2, 0.25) is 21.8 Å². The van der Waals surface area contributed by atoms with E-state index in [1.807, 2.05) is 0 Å². The van der Waals surface area contributed by atoms with Crippen molar-refractivity contribution in [1.82, 2.24) is 10.0 Å². The molecule has 1 fully saturated rings. The summed E-state index contributed by atoms with van der Waals surface area (Å²) in [5, 5.41) is 2.09. The maximum atomic E-state index is 12.4. The molecule has 0 radical (unpaired) electrons. The smallest absolute Gasteiger partial charge is 0.244 e. The maximum absolute atomic E-state index is 12.4. The number of hydrogen-bond acceptors (Lipinski definition) is 5. The molecule has 0 bridgehead atoms. The van der Waals surface area contributed by atoms with Gasteiger partial charge in [-0.05, 0) is 12.5 Å². The number of thiocarbonyl (C=S) groups is 1. The van der Waals surface area contributed by atoms with Gasteiger partial charge >= 0.3 is 0 Å². The summed E-state index contributed by atoms with van der Waals surface area (Å²) in [4.78, 5) is 22.5. The van der Waals surface area contributed by atoms with Crippen LogP contribution in [0.15, 0.2) is 29.2 Å². The molecular formula is C12H13N3O4S2. The van der Waals surface area contributed by atoms with Gasteiger partial charge in [-0.3, -0.25) is 14.9 Å². The largest absolute Gasteiger partial charge is 0.389 e. The van der Waals surface area contributed by atoms with Crippen LogP contribution in [0.5, 0.6) is 0 Å². The van der Waals surface area contributed by atoms with Crippen LogP contribution in [0.4, 0.5) is 0 Å². The Hall–Kier alpha value is -1.84. The van der Waals surface area contributed by atoms with Crippen molar-refractivity contribution in [2.75, 3.05) is 0 Å². The number of sulfonamides is 1. The summed E-state index contributed by atoms with van der Waals surface area (Å²) in [5.41, 5.74) is 5.71. The van der Waals surface area contributed by atoms with Gasteiger partial charge in [-0.25, -0.2) is 8.42 Å². The molecule has 0 aliphatic carbocycles. The highest BCUT2D eigenvalue weighted by Crippen LogP contribution is 2.17. The lowest BCUT2D eigenvalue weighted by atomic mass is 10.1. The Labute approximate surface area is 126 Å². The average molecular weight is 327 g/mol. The predicted octanol–water partition coefficient (Wildman–Crippen LogP) is -0.596. The first kappa shape index (κ1) is 15.5. The van der Waals surface area contributed by atoms with Crippen LogP contribution in [0.1, 0.15) is 18.4 Å². The van der Waals surface area contributed by atoms with Crippen LogP contribution >= 0.6 is 12.2 Å².